The molecule has 5 heteroatoms. The number of benzene rings is 2. The largest absolute Gasteiger partial charge is 0.270 e. The highest BCUT2D eigenvalue weighted by molar-refractivity contribution is 8.03. The summed E-state index contributed by atoms with van der Waals surface area (Å²) in [6.07, 6.45) is 1.49. The molecule has 0 amide bonds. The third-order valence-corrected chi connectivity index (χ3v) is 3.20. The second-order valence-corrected chi connectivity index (χ2v) is 4.86. The first-order chi connectivity index (χ1) is 10.1. The van der Waals surface area contributed by atoms with Crippen LogP contribution in [0.5, 0.6) is 0 Å². The summed E-state index contributed by atoms with van der Waals surface area (Å²) in [6.45, 7) is 5.61. The summed E-state index contributed by atoms with van der Waals surface area (Å²) in [6, 6.07) is 14.6. The van der Waals surface area contributed by atoms with Crippen LogP contribution in [-0.2, 0) is 0 Å². The highest BCUT2D eigenvalue weighted by atomic mass is 32.2. The van der Waals surface area contributed by atoms with E-state index < -0.39 is 4.92 Å². The second kappa shape index (κ2) is 8.56. The van der Waals surface area contributed by atoms with Gasteiger partial charge in [0, 0.05) is 17.0 Å². The zero-order valence-corrected chi connectivity index (χ0v) is 12.3. The molecule has 0 spiro atoms. The van der Waals surface area contributed by atoms with E-state index in [9.17, 15) is 10.1 Å². The molecule has 2 aromatic carbocycles. The van der Waals surface area contributed by atoms with Crippen LogP contribution in [0, 0.1) is 27.7 Å². The zero-order chi connectivity index (χ0) is 15.7. The molecule has 0 aliphatic carbocycles. The normalized spacial score (nSPS) is 8.95. The van der Waals surface area contributed by atoms with E-state index >= 15 is 0 Å². The standard InChI is InChI=1S/C9H6N2O2S.C7H8/c1-2-7-5-8(11(12)13)3-4-9(7)14-6-10;1-7-5-3-2-4-6-7/h2-5H,1H2;2-6H,1H3. The lowest BCUT2D eigenvalue weighted by Crippen LogP contribution is -1.89. The Kier molecular flexibility index (Phi) is 6.72. The number of thioether (sulfide) groups is 1. The third kappa shape index (κ3) is 5.51. The van der Waals surface area contributed by atoms with Gasteiger partial charge in [0.25, 0.3) is 5.69 Å². The first-order valence-corrected chi connectivity index (χ1v) is 6.88. The number of hydrogen-bond donors (Lipinski definition) is 0. The van der Waals surface area contributed by atoms with E-state index in [4.69, 9.17) is 5.26 Å². The molecule has 0 fully saturated rings. The van der Waals surface area contributed by atoms with E-state index in [-0.39, 0.29) is 5.69 Å². The van der Waals surface area contributed by atoms with E-state index in [2.05, 4.69) is 25.6 Å². The third-order valence-electron chi connectivity index (χ3n) is 2.52. The monoisotopic (exact) mass is 298 g/mol. The molecule has 0 saturated heterocycles. The number of thiocyanates is 1. The molecule has 2 aromatic rings. The van der Waals surface area contributed by atoms with Crippen molar-refractivity contribution >= 4 is 23.5 Å². The number of nitriles is 1. The predicted octanol–water partition coefficient (Wildman–Crippen LogP) is 4.81. The molecule has 21 heavy (non-hydrogen) atoms. The number of nitro groups is 1. The summed E-state index contributed by atoms with van der Waals surface area (Å²) in [7, 11) is 0. The maximum absolute atomic E-state index is 10.4. The number of rotatable bonds is 3. The second-order valence-electron chi connectivity index (χ2n) is 4.03. The van der Waals surface area contributed by atoms with Gasteiger partial charge in [-0.2, -0.15) is 5.26 Å². The van der Waals surface area contributed by atoms with Crippen LogP contribution < -0.4 is 0 Å². The van der Waals surface area contributed by atoms with Crippen LogP contribution in [0.1, 0.15) is 11.1 Å². The highest BCUT2D eigenvalue weighted by Crippen LogP contribution is 2.26. The van der Waals surface area contributed by atoms with Crippen LogP contribution in [0.4, 0.5) is 5.69 Å². The average molecular weight is 298 g/mol. The molecule has 0 bridgehead atoms. The number of hydrogen-bond acceptors (Lipinski definition) is 4. The van der Waals surface area contributed by atoms with Gasteiger partial charge in [0.2, 0.25) is 0 Å². The van der Waals surface area contributed by atoms with E-state index in [1.54, 1.807) is 6.07 Å². The van der Waals surface area contributed by atoms with Crippen LogP contribution in [-0.4, -0.2) is 4.92 Å². The lowest BCUT2D eigenvalue weighted by atomic mass is 10.2. The van der Waals surface area contributed by atoms with E-state index in [0.717, 1.165) is 11.8 Å². The van der Waals surface area contributed by atoms with Crippen LogP contribution in [0.2, 0.25) is 0 Å². The zero-order valence-electron chi connectivity index (χ0n) is 11.5. The molecule has 0 N–H and O–H groups in total. The predicted molar refractivity (Wildman–Crippen MR) is 85.8 cm³/mol. The van der Waals surface area contributed by atoms with E-state index in [0.29, 0.717) is 10.5 Å². The summed E-state index contributed by atoms with van der Waals surface area (Å²) in [5, 5.41) is 20.8. The van der Waals surface area contributed by atoms with Gasteiger partial charge in [0.1, 0.15) is 5.40 Å². The van der Waals surface area contributed by atoms with Crippen molar-refractivity contribution in [3.05, 3.63) is 76.4 Å². The molecule has 0 aliphatic rings. The van der Waals surface area contributed by atoms with Crippen LogP contribution in [0.3, 0.4) is 0 Å². The first kappa shape index (κ1) is 16.5. The molecule has 4 nitrogen and oxygen atoms in total. The molecular formula is C16H14N2O2S. The van der Waals surface area contributed by atoms with Gasteiger partial charge in [-0.25, -0.2) is 0 Å². The Balaban J connectivity index is 0.000000262. The Hall–Kier alpha value is -2.58. The minimum atomic E-state index is -0.478. The Morgan fingerprint density at radius 1 is 1.29 bits per heavy atom. The van der Waals surface area contributed by atoms with Gasteiger partial charge in [-0.05, 0) is 30.3 Å². The highest BCUT2D eigenvalue weighted by Gasteiger charge is 2.08. The topological polar surface area (TPSA) is 66.9 Å². The molecule has 0 radical (unpaired) electrons. The minimum absolute atomic E-state index is 0.00203. The van der Waals surface area contributed by atoms with Crippen LogP contribution >= 0.6 is 11.8 Å². The summed E-state index contributed by atoms with van der Waals surface area (Å²) in [5.74, 6) is 0. The fraction of sp³-hybridized carbons (Fsp3) is 0.0625. The van der Waals surface area contributed by atoms with E-state index in [1.807, 2.05) is 23.6 Å². The Labute approximate surface area is 127 Å². The maximum atomic E-state index is 10.4. The van der Waals surface area contributed by atoms with Crippen molar-refractivity contribution in [1.29, 1.82) is 5.26 Å². The minimum Gasteiger partial charge on any atom is -0.258 e. The number of nitro benzene ring substituents is 1. The number of aryl methyl sites for hydroxylation is 1. The van der Waals surface area contributed by atoms with Gasteiger partial charge < -0.3 is 0 Å². The molecular weight excluding hydrogens is 284 g/mol. The van der Waals surface area contributed by atoms with Crippen molar-refractivity contribution in [1.82, 2.24) is 0 Å². The summed E-state index contributed by atoms with van der Waals surface area (Å²) >= 11 is 0.959. The van der Waals surface area contributed by atoms with Gasteiger partial charge in [-0.15, -0.1) is 0 Å². The lowest BCUT2D eigenvalue weighted by molar-refractivity contribution is -0.384. The number of non-ortho nitro benzene ring substituents is 1. The van der Waals surface area contributed by atoms with Crippen molar-refractivity contribution in [2.45, 2.75) is 11.8 Å². The lowest BCUT2D eigenvalue weighted by Gasteiger charge is -1.99. The first-order valence-electron chi connectivity index (χ1n) is 6.07. The van der Waals surface area contributed by atoms with Crippen molar-refractivity contribution in [2.75, 3.05) is 0 Å². The van der Waals surface area contributed by atoms with Crippen molar-refractivity contribution in [2.24, 2.45) is 0 Å². The maximum Gasteiger partial charge on any atom is 0.270 e. The van der Waals surface area contributed by atoms with Gasteiger partial charge in [0.05, 0.1) is 4.92 Å². The molecule has 0 atom stereocenters. The summed E-state index contributed by atoms with van der Waals surface area (Å²) in [5.41, 5.74) is 1.93. The summed E-state index contributed by atoms with van der Waals surface area (Å²) in [4.78, 5) is 10.6. The smallest absolute Gasteiger partial charge is 0.258 e. The fourth-order valence-corrected chi connectivity index (χ4v) is 1.98. The Morgan fingerprint density at radius 2 is 1.95 bits per heavy atom. The Morgan fingerprint density at radius 3 is 2.38 bits per heavy atom. The average Bonchev–Trinajstić information content (AvgIpc) is 2.49. The van der Waals surface area contributed by atoms with Gasteiger partial charge in [-0.1, -0.05) is 48.6 Å². The van der Waals surface area contributed by atoms with Crippen molar-refractivity contribution in [3.8, 4) is 5.40 Å². The van der Waals surface area contributed by atoms with Crippen LogP contribution in [0.25, 0.3) is 6.08 Å². The van der Waals surface area contributed by atoms with Crippen molar-refractivity contribution < 1.29 is 4.92 Å². The fourth-order valence-electron chi connectivity index (χ4n) is 1.49. The molecule has 0 heterocycles. The molecule has 0 saturated carbocycles. The molecule has 2 rings (SSSR count). The molecule has 0 aromatic heterocycles. The van der Waals surface area contributed by atoms with Gasteiger partial charge in [0.15, 0.2) is 0 Å². The molecule has 0 unspecified atom stereocenters. The Bertz CT molecular complexity index is 664. The van der Waals surface area contributed by atoms with Crippen molar-refractivity contribution in [3.63, 3.8) is 0 Å². The van der Waals surface area contributed by atoms with Gasteiger partial charge >= 0.3 is 0 Å². The SMILES string of the molecule is C=Cc1cc([N+](=O)[O-])ccc1SC#N.Cc1ccccc1. The quantitative estimate of drug-likeness (QED) is 0.353. The van der Waals surface area contributed by atoms with Crippen LogP contribution in [0.15, 0.2) is 60.0 Å². The van der Waals surface area contributed by atoms with E-state index in [1.165, 1.54) is 23.8 Å². The van der Waals surface area contributed by atoms with Gasteiger partial charge in [-0.3, -0.25) is 10.1 Å². The molecule has 0 aliphatic heterocycles. The summed E-state index contributed by atoms with van der Waals surface area (Å²) < 4.78 is 0. The molecule has 106 valence electrons. The number of nitrogens with zero attached hydrogens (tertiary/aromatic N) is 2.